The maximum Gasteiger partial charge on any atom is 0.0644 e. The standard InChI is InChI=1S/C10H21NO3/c12-6-3-1-2-4-11-5-7-14-9-10(11)8-13/h10,12-13H,1-9H2. The van der Waals surface area contributed by atoms with Gasteiger partial charge in [0.1, 0.15) is 0 Å². The summed E-state index contributed by atoms with van der Waals surface area (Å²) in [4.78, 5) is 2.28. The lowest BCUT2D eigenvalue weighted by molar-refractivity contribution is -0.0279. The average molecular weight is 203 g/mol. The summed E-state index contributed by atoms with van der Waals surface area (Å²) in [6.45, 7) is 3.82. The van der Waals surface area contributed by atoms with Crippen LogP contribution in [0.15, 0.2) is 0 Å². The maximum absolute atomic E-state index is 9.10. The van der Waals surface area contributed by atoms with Crippen LogP contribution in [0.1, 0.15) is 19.3 Å². The molecule has 0 aromatic rings. The lowest BCUT2D eigenvalue weighted by atomic mass is 10.2. The van der Waals surface area contributed by atoms with E-state index in [-0.39, 0.29) is 19.3 Å². The molecule has 1 atom stereocenters. The van der Waals surface area contributed by atoms with Crippen molar-refractivity contribution in [2.45, 2.75) is 25.3 Å². The van der Waals surface area contributed by atoms with Gasteiger partial charge >= 0.3 is 0 Å². The molecule has 1 aliphatic rings. The molecule has 0 radical (unpaired) electrons. The molecule has 4 heteroatoms. The van der Waals surface area contributed by atoms with Crippen LogP contribution in [0, 0.1) is 0 Å². The van der Waals surface area contributed by atoms with E-state index in [2.05, 4.69) is 4.90 Å². The van der Waals surface area contributed by atoms with Gasteiger partial charge in [-0.2, -0.15) is 0 Å². The first kappa shape index (κ1) is 11.9. The Labute approximate surface area is 85.5 Å². The van der Waals surface area contributed by atoms with Gasteiger partial charge in [-0.3, -0.25) is 4.90 Å². The Morgan fingerprint density at radius 2 is 2.07 bits per heavy atom. The zero-order valence-electron chi connectivity index (χ0n) is 8.69. The normalized spacial score (nSPS) is 24.0. The van der Waals surface area contributed by atoms with Gasteiger partial charge in [0.15, 0.2) is 0 Å². The third-order valence-corrected chi connectivity index (χ3v) is 2.66. The van der Waals surface area contributed by atoms with Gasteiger partial charge in [0.05, 0.1) is 25.9 Å². The number of aliphatic hydroxyl groups excluding tert-OH is 2. The van der Waals surface area contributed by atoms with Crippen LogP contribution in [-0.2, 0) is 4.74 Å². The summed E-state index contributed by atoms with van der Waals surface area (Å²) < 4.78 is 5.29. The van der Waals surface area contributed by atoms with E-state index < -0.39 is 0 Å². The number of morpholine rings is 1. The topological polar surface area (TPSA) is 52.9 Å². The highest BCUT2D eigenvalue weighted by molar-refractivity contribution is 4.74. The Bertz CT molecular complexity index is 143. The van der Waals surface area contributed by atoms with Crippen molar-refractivity contribution in [3.05, 3.63) is 0 Å². The largest absolute Gasteiger partial charge is 0.396 e. The van der Waals surface area contributed by atoms with Gasteiger partial charge < -0.3 is 14.9 Å². The van der Waals surface area contributed by atoms with Crippen LogP contribution in [0.25, 0.3) is 0 Å². The monoisotopic (exact) mass is 203 g/mol. The van der Waals surface area contributed by atoms with Gasteiger partial charge in [-0.05, 0) is 25.8 Å². The van der Waals surface area contributed by atoms with Gasteiger partial charge in [0, 0.05) is 13.2 Å². The molecule has 2 N–H and O–H groups in total. The zero-order valence-corrected chi connectivity index (χ0v) is 8.69. The molecule has 1 unspecified atom stereocenters. The van der Waals surface area contributed by atoms with Crippen LogP contribution in [0.4, 0.5) is 0 Å². The number of aliphatic hydroxyl groups is 2. The highest BCUT2D eigenvalue weighted by Crippen LogP contribution is 2.08. The quantitative estimate of drug-likeness (QED) is 0.589. The molecule has 1 aliphatic heterocycles. The molecule has 0 saturated carbocycles. The van der Waals surface area contributed by atoms with Gasteiger partial charge in [-0.1, -0.05) is 0 Å². The third-order valence-electron chi connectivity index (χ3n) is 2.66. The lowest BCUT2D eigenvalue weighted by Gasteiger charge is -2.34. The van der Waals surface area contributed by atoms with E-state index in [9.17, 15) is 0 Å². The average Bonchev–Trinajstić information content (AvgIpc) is 2.25. The predicted molar refractivity (Wildman–Crippen MR) is 54.2 cm³/mol. The Kier molecular flexibility index (Phi) is 6.10. The maximum atomic E-state index is 9.10. The van der Waals surface area contributed by atoms with Crippen LogP contribution in [0.3, 0.4) is 0 Å². The molecule has 1 heterocycles. The van der Waals surface area contributed by atoms with E-state index in [0.717, 1.165) is 39.0 Å². The molecule has 0 bridgehead atoms. The second kappa shape index (κ2) is 7.17. The molecule has 1 fully saturated rings. The summed E-state index contributed by atoms with van der Waals surface area (Å²) in [6, 6.07) is 0.179. The fraction of sp³-hybridized carbons (Fsp3) is 1.00. The van der Waals surface area contributed by atoms with Gasteiger partial charge in [-0.25, -0.2) is 0 Å². The Balaban J connectivity index is 2.13. The fourth-order valence-corrected chi connectivity index (χ4v) is 1.76. The minimum atomic E-state index is 0.179. The smallest absolute Gasteiger partial charge is 0.0644 e. The first-order valence-electron chi connectivity index (χ1n) is 5.42. The molecule has 0 aliphatic carbocycles. The highest BCUT2D eigenvalue weighted by Gasteiger charge is 2.21. The summed E-state index contributed by atoms with van der Waals surface area (Å²) >= 11 is 0. The minimum Gasteiger partial charge on any atom is -0.396 e. The van der Waals surface area contributed by atoms with Crippen molar-refractivity contribution in [3.63, 3.8) is 0 Å². The van der Waals surface area contributed by atoms with E-state index in [4.69, 9.17) is 14.9 Å². The summed E-state index contributed by atoms with van der Waals surface area (Å²) in [5.74, 6) is 0. The zero-order chi connectivity index (χ0) is 10.2. The highest BCUT2D eigenvalue weighted by atomic mass is 16.5. The molecule has 0 aromatic heterocycles. The molecule has 84 valence electrons. The SMILES string of the molecule is OCCCCCN1CCOCC1CO. The summed E-state index contributed by atoms with van der Waals surface area (Å²) in [7, 11) is 0. The van der Waals surface area contributed by atoms with Crippen LogP contribution < -0.4 is 0 Å². The number of hydrogen-bond acceptors (Lipinski definition) is 4. The molecular formula is C10H21NO3. The van der Waals surface area contributed by atoms with E-state index in [0.29, 0.717) is 6.61 Å². The predicted octanol–water partition coefficient (Wildman–Crippen LogP) is -0.158. The summed E-state index contributed by atoms with van der Waals surface area (Å²) in [5.41, 5.74) is 0. The van der Waals surface area contributed by atoms with Crippen molar-refractivity contribution >= 4 is 0 Å². The number of rotatable bonds is 6. The van der Waals surface area contributed by atoms with Crippen LogP contribution in [0.5, 0.6) is 0 Å². The van der Waals surface area contributed by atoms with E-state index in [1.807, 2.05) is 0 Å². The molecular weight excluding hydrogens is 182 g/mol. The number of nitrogens with zero attached hydrogens (tertiary/aromatic N) is 1. The first-order chi connectivity index (χ1) is 6.88. The number of hydrogen-bond donors (Lipinski definition) is 2. The molecule has 1 rings (SSSR count). The fourth-order valence-electron chi connectivity index (χ4n) is 1.76. The van der Waals surface area contributed by atoms with Crippen molar-refractivity contribution < 1.29 is 14.9 Å². The molecule has 14 heavy (non-hydrogen) atoms. The van der Waals surface area contributed by atoms with Crippen LogP contribution >= 0.6 is 0 Å². The van der Waals surface area contributed by atoms with Crippen molar-refractivity contribution in [2.75, 3.05) is 39.5 Å². The van der Waals surface area contributed by atoms with Gasteiger partial charge in [0.2, 0.25) is 0 Å². The second-order valence-corrected chi connectivity index (χ2v) is 3.73. The van der Waals surface area contributed by atoms with E-state index in [1.165, 1.54) is 0 Å². The van der Waals surface area contributed by atoms with Crippen molar-refractivity contribution in [1.29, 1.82) is 0 Å². The summed E-state index contributed by atoms with van der Waals surface area (Å²) in [5, 5.41) is 17.7. The Hall–Kier alpha value is -0.160. The summed E-state index contributed by atoms with van der Waals surface area (Å²) in [6.07, 6.45) is 3.04. The van der Waals surface area contributed by atoms with Crippen molar-refractivity contribution in [2.24, 2.45) is 0 Å². The number of ether oxygens (including phenoxy) is 1. The van der Waals surface area contributed by atoms with Crippen LogP contribution in [-0.4, -0.2) is 60.7 Å². The Morgan fingerprint density at radius 3 is 2.79 bits per heavy atom. The van der Waals surface area contributed by atoms with Gasteiger partial charge in [-0.15, -0.1) is 0 Å². The second-order valence-electron chi connectivity index (χ2n) is 3.73. The van der Waals surface area contributed by atoms with E-state index in [1.54, 1.807) is 0 Å². The first-order valence-corrected chi connectivity index (χ1v) is 5.42. The van der Waals surface area contributed by atoms with Crippen LogP contribution in [0.2, 0.25) is 0 Å². The molecule has 0 aromatic carbocycles. The Morgan fingerprint density at radius 1 is 1.21 bits per heavy atom. The minimum absolute atomic E-state index is 0.179. The molecule has 0 amide bonds. The number of unbranched alkanes of at least 4 members (excludes halogenated alkanes) is 2. The third kappa shape index (κ3) is 3.92. The van der Waals surface area contributed by atoms with Crippen molar-refractivity contribution in [1.82, 2.24) is 4.90 Å². The van der Waals surface area contributed by atoms with Crippen molar-refractivity contribution in [3.8, 4) is 0 Å². The lowest BCUT2D eigenvalue weighted by Crippen LogP contribution is -2.47. The molecule has 1 saturated heterocycles. The molecule has 0 spiro atoms. The van der Waals surface area contributed by atoms with Gasteiger partial charge in [0.25, 0.3) is 0 Å². The molecule has 4 nitrogen and oxygen atoms in total. The van der Waals surface area contributed by atoms with E-state index >= 15 is 0 Å².